The molecule has 0 unspecified atom stereocenters. The Morgan fingerprint density at radius 3 is 2.38 bits per heavy atom. The van der Waals surface area contributed by atoms with E-state index in [2.05, 4.69) is 36.6 Å². The molecule has 2 aromatic carbocycles. The highest BCUT2D eigenvalue weighted by Gasteiger charge is 2.13. The molecule has 108 valence electrons. The highest BCUT2D eigenvalue weighted by molar-refractivity contribution is 6.10. The largest absolute Gasteiger partial charge is 0.462 e. The van der Waals surface area contributed by atoms with Crippen LogP contribution in [0.15, 0.2) is 36.4 Å². The first-order valence-corrected chi connectivity index (χ1v) is 7.35. The maximum atomic E-state index is 11.9. The lowest BCUT2D eigenvalue weighted by Gasteiger charge is -2.04. The Morgan fingerprint density at radius 2 is 1.71 bits per heavy atom. The molecule has 3 aromatic rings. The van der Waals surface area contributed by atoms with Crippen LogP contribution in [-0.2, 0) is 11.3 Å². The molecule has 0 bridgehead atoms. The van der Waals surface area contributed by atoms with Crippen molar-refractivity contribution in [2.45, 2.75) is 27.3 Å². The van der Waals surface area contributed by atoms with Crippen molar-refractivity contribution in [1.82, 2.24) is 4.57 Å². The van der Waals surface area contributed by atoms with Gasteiger partial charge in [0.1, 0.15) is 0 Å². The van der Waals surface area contributed by atoms with Crippen LogP contribution >= 0.6 is 0 Å². The van der Waals surface area contributed by atoms with Crippen LogP contribution in [0.1, 0.15) is 29.8 Å². The molecule has 0 aliphatic heterocycles. The predicted octanol–water partition coefficient (Wildman–Crippen LogP) is 4.30. The van der Waals surface area contributed by atoms with Crippen LogP contribution < -0.4 is 0 Å². The lowest BCUT2D eigenvalue weighted by Crippen LogP contribution is -2.04. The summed E-state index contributed by atoms with van der Waals surface area (Å²) in [5, 5.41) is 2.30. The summed E-state index contributed by atoms with van der Waals surface area (Å²) in [6, 6.07) is 12.3. The Bertz CT molecular complexity index is 830. The van der Waals surface area contributed by atoms with E-state index in [1.807, 2.05) is 25.1 Å². The molecule has 3 heteroatoms. The molecule has 21 heavy (non-hydrogen) atoms. The number of carbonyl (C=O) groups excluding carboxylic acids is 1. The van der Waals surface area contributed by atoms with Crippen molar-refractivity contribution in [3.8, 4) is 0 Å². The van der Waals surface area contributed by atoms with Gasteiger partial charge in [0, 0.05) is 28.4 Å². The third-order valence-corrected chi connectivity index (χ3v) is 3.85. The average molecular weight is 281 g/mol. The number of hydrogen-bond donors (Lipinski definition) is 0. The minimum Gasteiger partial charge on any atom is -0.462 e. The molecule has 3 nitrogen and oxygen atoms in total. The highest BCUT2D eigenvalue weighted by atomic mass is 16.5. The summed E-state index contributed by atoms with van der Waals surface area (Å²) < 4.78 is 7.38. The summed E-state index contributed by atoms with van der Waals surface area (Å²) >= 11 is 0. The lowest BCUT2D eigenvalue weighted by atomic mass is 10.1. The van der Waals surface area contributed by atoms with Crippen LogP contribution in [0.3, 0.4) is 0 Å². The maximum Gasteiger partial charge on any atom is 0.338 e. The molecule has 0 saturated heterocycles. The second kappa shape index (κ2) is 5.24. The van der Waals surface area contributed by atoms with Crippen molar-refractivity contribution in [3.05, 3.63) is 47.5 Å². The second-order valence-corrected chi connectivity index (χ2v) is 5.22. The van der Waals surface area contributed by atoms with Crippen LogP contribution in [-0.4, -0.2) is 17.1 Å². The maximum absolute atomic E-state index is 11.9. The Morgan fingerprint density at radius 1 is 1.05 bits per heavy atom. The third kappa shape index (κ3) is 2.19. The van der Waals surface area contributed by atoms with Crippen LogP contribution in [0, 0.1) is 6.92 Å². The van der Waals surface area contributed by atoms with Gasteiger partial charge in [0.2, 0.25) is 0 Å². The molecule has 0 aliphatic carbocycles. The van der Waals surface area contributed by atoms with Gasteiger partial charge in [0.25, 0.3) is 0 Å². The Hall–Kier alpha value is -2.29. The fraction of sp³-hybridized carbons (Fsp3) is 0.278. The van der Waals surface area contributed by atoms with E-state index in [9.17, 15) is 4.79 Å². The summed E-state index contributed by atoms with van der Waals surface area (Å²) in [4.78, 5) is 11.9. The van der Waals surface area contributed by atoms with Gasteiger partial charge in [-0.05, 0) is 51.1 Å². The number of fused-ring (bicyclic) bond motifs is 3. The molecule has 0 radical (unpaired) electrons. The number of nitrogens with zero attached hydrogens (tertiary/aromatic N) is 1. The van der Waals surface area contributed by atoms with E-state index in [1.54, 1.807) is 0 Å². The molecule has 0 amide bonds. The summed E-state index contributed by atoms with van der Waals surface area (Å²) in [5.74, 6) is -0.260. The first-order chi connectivity index (χ1) is 10.2. The number of aromatic nitrogens is 1. The van der Waals surface area contributed by atoms with Crippen molar-refractivity contribution in [2.75, 3.05) is 6.61 Å². The van der Waals surface area contributed by atoms with Gasteiger partial charge in [-0.2, -0.15) is 0 Å². The van der Waals surface area contributed by atoms with Gasteiger partial charge in [-0.3, -0.25) is 0 Å². The number of carbonyl (C=O) groups is 1. The topological polar surface area (TPSA) is 31.2 Å². The molecule has 0 fully saturated rings. The molecule has 0 atom stereocenters. The van der Waals surface area contributed by atoms with E-state index in [0.29, 0.717) is 12.2 Å². The normalized spacial score (nSPS) is 11.2. The molecular formula is C18H19NO2. The van der Waals surface area contributed by atoms with Crippen LogP contribution in [0.5, 0.6) is 0 Å². The fourth-order valence-corrected chi connectivity index (χ4v) is 2.90. The minimum atomic E-state index is -0.260. The molecular weight excluding hydrogens is 262 g/mol. The first-order valence-electron chi connectivity index (χ1n) is 7.35. The smallest absolute Gasteiger partial charge is 0.338 e. The van der Waals surface area contributed by atoms with E-state index in [0.717, 1.165) is 17.4 Å². The lowest BCUT2D eigenvalue weighted by molar-refractivity contribution is 0.0526. The van der Waals surface area contributed by atoms with Gasteiger partial charge in [0.15, 0.2) is 0 Å². The van der Waals surface area contributed by atoms with Gasteiger partial charge in [-0.1, -0.05) is 11.6 Å². The molecule has 3 rings (SSSR count). The Kier molecular flexibility index (Phi) is 3.42. The number of ether oxygens (including phenoxy) is 1. The van der Waals surface area contributed by atoms with E-state index < -0.39 is 0 Å². The van der Waals surface area contributed by atoms with Gasteiger partial charge >= 0.3 is 5.97 Å². The number of aryl methyl sites for hydroxylation is 2. The quantitative estimate of drug-likeness (QED) is 0.670. The summed E-state index contributed by atoms with van der Waals surface area (Å²) in [7, 11) is 0. The Balaban J connectivity index is 2.31. The van der Waals surface area contributed by atoms with Gasteiger partial charge < -0.3 is 9.30 Å². The number of benzene rings is 2. The van der Waals surface area contributed by atoms with Crippen molar-refractivity contribution in [1.29, 1.82) is 0 Å². The summed E-state index contributed by atoms with van der Waals surface area (Å²) in [6.45, 7) is 7.35. The zero-order chi connectivity index (χ0) is 15.0. The van der Waals surface area contributed by atoms with Crippen molar-refractivity contribution >= 4 is 27.8 Å². The number of hydrogen-bond acceptors (Lipinski definition) is 2. The van der Waals surface area contributed by atoms with Gasteiger partial charge in [-0.25, -0.2) is 4.79 Å². The monoisotopic (exact) mass is 281 g/mol. The van der Waals surface area contributed by atoms with E-state index in [1.165, 1.54) is 16.5 Å². The van der Waals surface area contributed by atoms with Crippen LogP contribution in [0.2, 0.25) is 0 Å². The second-order valence-electron chi connectivity index (χ2n) is 5.22. The number of rotatable bonds is 3. The summed E-state index contributed by atoms with van der Waals surface area (Å²) in [5.41, 5.74) is 4.20. The highest BCUT2D eigenvalue weighted by Crippen LogP contribution is 2.30. The van der Waals surface area contributed by atoms with E-state index in [4.69, 9.17) is 4.74 Å². The zero-order valence-corrected chi connectivity index (χ0v) is 12.6. The molecule has 1 heterocycles. The molecule has 0 N–H and O–H groups in total. The third-order valence-electron chi connectivity index (χ3n) is 3.85. The molecule has 0 saturated carbocycles. The van der Waals surface area contributed by atoms with Crippen molar-refractivity contribution < 1.29 is 9.53 Å². The summed E-state index contributed by atoms with van der Waals surface area (Å²) in [6.07, 6.45) is 0. The zero-order valence-electron chi connectivity index (χ0n) is 12.6. The van der Waals surface area contributed by atoms with E-state index in [-0.39, 0.29) is 5.97 Å². The van der Waals surface area contributed by atoms with Gasteiger partial charge in [0.05, 0.1) is 12.2 Å². The average Bonchev–Trinajstić information content (AvgIpc) is 2.79. The number of esters is 1. The standard InChI is InChI=1S/C18H19NO2/c1-4-19-16-8-6-12(3)10-14(16)15-11-13(7-9-17(15)19)18(20)21-5-2/h6-11H,4-5H2,1-3H3. The fourth-order valence-electron chi connectivity index (χ4n) is 2.90. The van der Waals surface area contributed by atoms with Crippen molar-refractivity contribution in [3.63, 3.8) is 0 Å². The first kappa shape index (κ1) is 13.7. The van der Waals surface area contributed by atoms with Gasteiger partial charge in [-0.15, -0.1) is 0 Å². The molecule has 0 aliphatic rings. The van der Waals surface area contributed by atoms with Crippen molar-refractivity contribution in [2.24, 2.45) is 0 Å². The Labute approximate surface area is 124 Å². The molecule has 0 spiro atoms. The van der Waals surface area contributed by atoms with E-state index >= 15 is 0 Å². The predicted molar refractivity (Wildman–Crippen MR) is 85.8 cm³/mol. The minimum absolute atomic E-state index is 0.260. The van der Waals surface area contributed by atoms with Crippen LogP contribution in [0.25, 0.3) is 21.8 Å². The van der Waals surface area contributed by atoms with Crippen LogP contribution in [0.4, 0.5) is 0 Å². The SMILES string of the molecule is CCOC(=O)c1ccc2c(c1)c1cc(C)ccc1n2CC. The molecule has 1 aromatic heterocycles.